The van der Waals surface area contributed by atoms with E-state index < -0.39 is 0 Å². The molecule has 110 valence electrons. The van der Waals surface area contributed by atoms with Crippen LogP contribution in [-0.2, 0) is 4.79 Å². The molecule has 2 N–H and O–H groups in total. The van der Waals surface area contributed by atoms with Gasteiger partial charge in [-0.05, 0) is 43.9 Å². The first-order valence-electron chi connectivity index (χ1n) is 6.99. The Bertz CT molecular complexity index is 479. The third kappa shape index (κ3) is 3.73. The zero-order chi connectivity index (χ0) is 14.5. The first kappa shape index (κ1) is 15.3. The number of methoxy groups -OCH3 is 1. The summed E-state index contributed by atoms with van der Waals surface area (Å²) in [5, 5.41) is 6.37. The van der Waals surface area contributed by atoms with Gasteiger partial charge >= 0.3 is 0 Å². The standard InChI is InChI=1S/C15H21BrN2O2/c1-10(12-7-6-11(20-2)9-13(12)16)18-14-5-3-4-8-17-15(14)19/h6-7,9-10,14,18H,3-5,8H2,1-2H3,(H,17,19)/t10-,14-/m0/s1. The largest absolute Gasteiger partial charge is 0.497 e. The monoisotopic (exact) mass is 340 g/mol. The van der Waals surface area contributed by atoms with E-state index in [1.165, 1.54) is 0 Å². The van der Waals surface area contributed by atoms with Crippen LogP contribution in [0.15, 0.2) is 22.7 Å². The molecule has 2 atom stereocenters. The lowest BCUT2D eigenvalue weighted by atomic mass is 10.0. The van der Waals surface area contributed by atoms with Crippen LogP contribution < -0.4 is 15.4 Å². The number of hydrogen-bond acceptors (Lipinski definition) is 3. The van der Waals surface area contributed by atoms with Gasteiger partial charge in [0.2, 0.25) is 5.91 Å². The predicted octanol–water partition coefficient (Wildman–Crippen LogP) is 2.78. The molecular formula is C15H21BrN2O2. The fraction of sp³-hybridized carbons (Fsp3) is 0.533. The highest BCUT2D eigenvalue weighted by Gasteiger charge is 2.23. The van der Waals surface area contributed by atoms with Crippen LogP contribution in [0.25, 0.3) is 0 Å². The summed E-state index contributed by atoms with van der Waals surface area (Å²) in [6, 6.07) is 5.90. The van der Waals surface area contributed by atoms with Crippen LogP contribution in [-0.4, -0.2) is 25.6 Å². The summed E-state index contributed by atoms with van der Waals surface area (Å²) in [6.45, 7) is 2.86. The summed E-state index contributed by atoms with van der Waals surface area (Å²) in [7, 11) is 1.65. The van der Waals surface area contributed by atoms with E-state index in [1.54, 1.807) is 7.11 Å². The SMILES string of the molecule is COc1ccc([C@H](C)N[C@H]2CCCCNC2=O)c(Br)c1. The molecule has 2 rings (SSSR count). The summed E-state index contributed by atoms with van der Waals surface area (Å²) in [4.78, 5) is 12.0. The van der Waals surface area contributed by atoms with E-state index in [-0.39, 0.29) is 18.0 Å². The minimum Gasteiger partial charge on any atom is -0.497 e. The van der Waals surface area contributed by atoms with E-state index in [1.807, 2.05) is 18.2 Å². The molecule has 1 fully saturated rings. The Morgan fingerprint density at radius 2 is 2.25 bits per heavy atom. The maximum absolute atomic E-state index is 12.0. The molecule has 0 radical (unpaired) electrons. The molecular weight excluding hydrogens is 320 g/mol. The van der Waals surface area contributed by atoms with Crippen LogP contribution >= 0.6 is 15.9 Å². The maximum atomic E-state index is 12.0. The lowest BCUT2D eigenvalue weighted by Crippen LogP contribution is -2.43. The molecule has 20 heavy (non-hydrogen) atoms. The van der Waals surface area contributed by atoms with E-state index in [4.69, 9.17) is 4.74 Å². The summed E-state index contributed by atoms with van der Waals surface area (Å²) >= 11 is 3.56. The molecule has 0 saturated carbocycles. The fourth-order valence-electron chi connectivity index (χ4n) is 2.48. The number of carbonyl (C=O) groups excluding carboxylic acids is 1. The zero-order valence-electron chi connectivity index (χ0n) is 11.9. The molecule has 1 aromatic carbocycles. The average molecular weight is 341 g/mol. The van der Waals surface area contributed by atoms with Gasteiger partial charge in [-0.15, -0.1) is 0 Å². The van der Waals surface area contributed by atoms with Crippen molar-refractivity contribution < 1.29 is 9.53 Å². The summed E-state index contributed by atoms with van der Waals surface area (Å²) in [6.07, 6.45) is 3.03. The fourth-order valence-corrected chi connectivity index (χ4v) is 3.18. The van der Waals surface area contributed by atoms with Gasteiger partial charge in [0.05, 0.1) is 13.2 Å². The quantitative estimate of drug-likeness (QED) is 0.885. The highest BCUT2D eigenvalue weighted by molar-refractivity contribution is 9.10. The van der Waals surface area contributed by atoms with E-state index in [2.05, 4.69) is 33.5 Å². The van der Waals surface area contributed by atoms with Crippen LogP contribution in [0.4, 0.5) is 0 Å². The van der Waals surface area contributed by atoms with Gasteiger partial charge in [-0.2, -0.15) is 0 Å². The highest BCUT2D eigenvalue weighted by Crippen LogP contribution is 2.28. The van der Waals surface area contributed by atoms with E-state index in [9.17, 15) is 4.79 Å². The molecule has 1 aliphatic rings. The Kier molecular flexibility index (Phi) is 5.43. The third-order valence-electron chi connectivity index (χ3n) is 3.66. The van der Waals surface area contributed by atoms with Gasteiger partial charge in [-0.3, -0.25) is 10.1 Å². The van der Waals surface area contributed by atoms with Crippen LogP contribution in [0.3, 0.4) is 0 Å². The van der Waals surface area contributed by atoms with Crippen molar-refractivity contribution in [2.24, 2.45) is 0 Å². The maximum Gasteiger partial charge on any atom is 0.237 e. The summed E-state index contributed by atoms with van der Waals surface area (Å²) in [5.41, 5.74) is 1.13. The minimum absolute atomic E-state index is 0.101. The number of hydrogen-bond donors (Lipinski definition) is 2. The number of halogens is 1. The van der Waals surface area contributed by atoms with Gasteiger partial charge in [-0.25, -0.2) is 0 Å². The summed E-state index contributed by atoms with van der Waals surface area (Å²) < 4.78 is 6.19. The normalized spacial score (nSPS) is 20.9. The molecule has 5 heteroatoms. The molecule has 0 spiro atoms. The Balaban J connectivity index is 2.07. The number of nitrogens with one attached hydrogen (secondary N) is 2. The van der Waals surface area contributed by atoms with Crippen LogP contribution in [0, 0.1) is 0 Å². The molecule has 1 aromatic rings. The molecule has 1 heterocycles. The molecule has 0 unspecified atom stereocenters. The van der Waals surface area contributed by atoms with Crippen LogP contribution in [0.5, 0.6) is 5.75 Å². The lowest BCUT2D eigenvalue weighted by molar-refractivity contribution is -0.123. The lowest BCUT2D eigenvalue weighted by Gasteiger charge is -2.22. The second kappa shape index (κ2) is 7.09. The van der Waals surface area contributed by atoms with Crippen molar-refractivity contribution in [1.82, 2.24) is 10.6 Å². The number of rotatable bonds is 4. The van der Waals surface area contributed by atoms with Crippen LogP contribution in [0.2, 0.25) is 0 Å². The van der Waals surface area contributed by atoms with Crippen molar-refractivity contribution in [2.75, 3.05) is 13.7 Å². The van der Waals surface area contributed by atoms with E-state index in [0.29, 0.717) is 0 Å². The van der Waals surface area contributed by atoms with E-state index in [0.717, 1.165) is 41.6 Å². The second-order valence-corrected chi connectivity index (χ2v) is 5.97. The van der Waals surface area contributed by atoms with Crippen molar-refractivity contribution in [1.29, 1.82) is 0 Å². The molecule has 1 saturated heterocycles. The number of amides is 1. The number of carbonyl (C=O) groups is 1. The predicted molar refractivity (Wildman–Crippen MR) is 82.9 cm³/mol. The topological polar surface area (TPSA) is 50.4 Å². The van der Waals surface area contributed by atoms with E-state index >= 15 is 0 Å². The average Bonchev–Trinajstić information content (AvgIpc) is 2.64. The van der Waals surface area contributed by atoms with Gasteiger partial charge in [-0.1, -0.05) is 22.0 Å². The first-order valence-corrected chi connectivity index (χ1v) is 7.78. The summed E-state index contributed by atoms with van der Waals surface area (Å²) in [5.74, 6) is 0.930. The second-order valence-electron chi connectivity index (χ2n) is 5.12. The zero-order valence-corrected chi connectivity index (χ0v) is 13.5. The Morgan fingerprint density at radius 3 is 2.95 bits per heavy atom. The van der Waals surface area contributed by atoms with Gasteiger partial charge < -0.3 is 10.1 Å². The van der Waals surface area contributed by atoms with Crippen LogP contribution in [0.1, 0.15) is 37.8 Å². The highest BCUT2D eigenvalue weighted by atomic mass is 79.9. The first-order chi connectivity index (χ1) is 9.61. The molecule has 0 aliphatic carbocycles. The molecule has 0 aromatic heterocycles. The number of benzene rings is 1. The van der Waals surface area contributed by atoms with Gasteiger partial charge in [0, 0.05) is 17.1 Å². The van der Waals surface area contributed by atoms with Crippen molar-refractivity contribution in [3.05, 3.63) is 28.2 Å². The van der Waals surface area contributed by atoms with Gasteiger partial charge in [0.15, 0.2) is 0 Å². The third-order valence-corrected chi connectivity index (χ3v) is 4.35. The van der Waals surface area contributed by atoms with Crippen molar-refractivity contribution in [3.8, 4) is 5.75 Å². The smallest absolute Gasteiger partial charge is 0.237 e. The van der Waals surface area contributed by atoms with Crippen molar-refractivity contribution in [3.63, 3.8) is 0 Å². The van der Waals surface area contributed by atoms with Gasteiger partial charge in [0.1, 0.15) is 5.75 Å². The molecule has 4 nitrogen and oxygen atoms in total. The Hall–Kier alpha value is -1.07. The minimum atomic E-state index is -0.110. The Morgan fingerprint density at radius 1 is 1.45 bits per heavy atom. The molecule has 1 amide bonds. The van der Waals surface area contributed by atoms with Crippen molar-refractivity contribution in [2.45, 2.75) is 38.3 Å². The Labute approximate surface area is 128 Å². The number of ether oxygens (including phenoxy) is 1. The molecule has 0 bridgehead atoms. The van der Waals surface area contributed by atoms with Crippen molar-refractivity contribution >= 4 is 21.8 Å². The molecule has 1 aliphatic heterocycles. The van der Waals surface area contributed by atoms with Gasteiger partial charge in [0.25, 0.3) is 0 Å².